The van der Waals surface area contributed by atoms with Crippen LogP contribution in [-0.2, 0) is 0 Å². The molecular formula is C16H16IN3O. The molecule has 0 radical (unpaired) electrons. The Morgan fingerprint density at radius 2 is 2.05 bits per heavy atom. The van der Waals surface area contributed by atoms with Gasteiger partial charge in [0.25, 0.3) is 0 Å². The van der Waals surface area contributed by atoms with Crippen LogP contribution >= 0.6 is 22.6 Å². The molecule has 2 heterocycles. The number of benzene rings is 1. The van der Waals surface area contributed by atoms with Gasteiger partial charge in [0.05, 0.1) is 15.2 Å². The Bertz CT molecular complexity index is 700. The fraction of sp³-hybridized carbons (Fsp3) is 0.375. The van der Waals surface area contributed by atoms with Gasteiger partial charge in [0, 0.05) is 18.5 Å². The van der Waals surface area contributed by atoms with Gasteiger partial charge in [0.1, 0.15) is 24.0 Å². The van der Waals surface area contributed by atoms with Crippen LogP contribution in [-0.4, -0.2) is 23.6 Å². The maximum absolute atomic E-state index is 5.78. The molecule has 5 heteroatoms. The van der Waals surface area contributed by atoms with Gasteiger partial charge in [0.15, 0.2) is 0 Å². The van der Waals surface area contributed by atoms with E-state index >= 15 is 0 Å². The minimum absolute atomic E-state index is 0.141. The fourth-order valence-electron chi connectivity index (χ4n) is 2.81. The van der Waals surface area contributed by atoms with E-state index in [1.54, 1.807) is 0 Å². The van der Waals surface area contributed by atoms with Crippen molar-refractivity contribution in [3.63, 3.8) is 0 Å². The number of rotatable bonds is 3. The van der Waals surface area contributed by atoms with Crippen molar-refractivity contribution in [3.05, 3.63) is 44.9 Å². The highest BCUT2D eigenvalue weighted by molar-refractivity contribution is 14.1. The van der Waals surface area contributed by atoms with E-state index in [1.165, 1.54) is 24.1 Å². The molecule has 1 N–H and O–H groups in total. The Morgan fingerprint density at radius 1 is 1.24 bits per heavy atom. The van der Waals surface area contributed by atoms with Gasteiger partial charge in [-0.15, -0.1) is 0 Å². The molecule has 0 bridgehead atoms. The van der Waals surface area contributed by atoms with Gasteiger partial charge in [-0.2, -0.15) is 0 Å². The summed E-state index contributed by atoms with van der Waals surface area (Å²) in [7, 11) is 1.92. The summed E-state index contributed by atoms with van der Waals surface area (Å²) in [5.41, 5.74) is 2.40. The summed E-state index contributed by atoms with van der Waals surface area (Å²) in [5.74, 6) is 3.54. The maximum atomic E-state index is 5.78. The lowest BCUT2D eigenvalue weighted by atomic mass is 10.0. The summed E-state index contributed by atoms with van der Waals surface area (Å²) in [6, 6.07) is 8.19. The van der Waals surface area contributed by atoms with Crippen molar-refractivity contribution in [2.24, 2.45) is 0 Å². The Balaban J connectivity index is 1.81. The second-order valence-corrected chi connectivity index (χ2v) is 6.63. The highest BCUT2D eigenvalue weighted by Crippen LogP contribution is 2.44. The topological polar surface area (TPSA) is 47.0 Å². The van der Waals surface area contributed by atoms with Crippen LogP contribution in [0.4, 0.5) is 5.82 Å². The van der Waals surface area contributed by atoms with Crippen molar-refractivity contribution in [1.82, 2.24) is 9.97 Å². The zero-order valence-electron chi connectivity index (χ0n) is 11.8. The molecule has 1 saturated carbocycles. The molecule has 2 aliphatic rings. The first kappa shape index (κ1) is 13.3. The average Bonchev–Trinajstić information content (AvgIpc) is 3.27. The Hall–Kier alpha value is -1.37. The molecule has 21 heavy (non-hydrogen) atoms. The first-order valence-corrected chi connectivity index (χ1v) is 8.32. The van der Waals surface area contributed by atoms with Crippen molar-refractivity contribution in [2.45, 2.75) is 24.7 Å². The van der Waals surface area contributed by atoms with Crippen molar-refractivity contribution in [2.75, 3.05) is 19.0 Å². The third-order valence-electron chi connectivity index (χ3n) is 4.11. The third-order valence-corrected chi connectivity index (χ3v) is 5.17. The lowest BCUT2D eigenvalue weighted by molar-refractivity contribution is 0.339. The van der Waals surface area contributed by atoms with E-state index in [2.05, 4.69) is 34.0 Å². The van der Waals surface area contributed by atoms with E-state index in [0.717, 1.165) is 21.0 Å². The molecule has 1 unspecified atom stereocenters. The first-order valence-electron chi connectivity index (χ1n) is 7.24. The molecule has 1 atom stereocenters. The van der Waals surface area contributed by atoms with Crippen LogP contribution in [0.1, 0.15) is 41.8 Å². The molecule has 108 valence electrons. The number of hydrogen-bond acceptors (Lipinski definition) is 4. The lowest BCUT2D eigenvalue weighted by Gasteiger charge is -2.14. The molecule has 1 aromatic carbocycles. The van der Waals surface area contributed by atoms with Crippen LogP contribution in [0.25, 0.3) is 0 Å². The minimum Gasteiger partial charge on any atom is -0.492 e. The van der Waals surface area contributed by atoms with Crippen molar-refractivity contribution >= 4 is 28.4 Å². The van der Waals surface area contributed by atoms with Gasteiger partial charge >= 0.3 is 0 Å². The number of anilines is 1. The van der Waals surface area contributed by atoms with E-state index in [4.69, 9.17) is 14.7 Å². The van der Waals surface area contributed by atoms with Gasteiger partial charge in [-0.25, -0.2) is 9.97 Å². The highest BCUT2D eigenvalue weighted by Gasteiger charge is 2.33. The quantitative estimate of drug-likeness (QED) is 0.811. The average molecular weight is 393 g/mol. The van der Waals surface area contributed by atoms with Crippen LogP contribution in [0.3, 0.4) is 0 Å². The number of aromatic nitrogens is 2. The number of halogens is 1. The standard InChI is InChI=1S/C16H16IN3O/c1-18-16-13(17)14(9-6-7-9)19-15(20-16)11-8-21-12-5-3-2-4-10(11)12/h2-5,9,11H,6-8H2,1H3,(H,18,19,20). The number of ether oxygens (including phenoxy) is 1. The molecule has 1 aliphatic heterocycles. The molecule has 4 nitrogen and oxygen atoms in total. The largest absolute Gasteiger partial charge is 0.492 e. The molecule has 0 saturated heterocycles. The molecule has 1 fully saturated rings. The minimum atomic E-state index is 0.141. The van der Waals surface area contributed by atoms with Gasteiger partial charge in [-0.3, -0.25) is 0 Å². The molecule has 1 aromatic heterocycles. The van der Waals surface area contributed by atoms with Crippen LogP contribution in [0.2, 0.25) is 0 Å². The zero-order valence-corrected chi connectivity index (χ0v) is 13.9. The Morgan fingerprint density at radius 3 is 2.81 bits per heavy atom. The summed E-state index contributed by atoms with van der Waals surface area (Å²) in [5, 5.41) is 3.21. The number of hydrogen-bond donors (Lipinski definition) is 1. The summed E-state index contributed by atoms with van der Waals surface area (Å²) in [6.45, 7) is 0.632. The summed E-state index contributed by atoms with van der Waals surface area (Å²) < 4.78 is 6.94. The summed E-state index contributed by atoms with van der Waals surface area (Å²) >= 11 is 2.36. The van der Waals surface area contributed by atoms with E-state index in [0.29, 0.717) is 12.5 Å². The van der Waals surface area contributed by atoms with Gasteiger partial charge in [0.2, 0.25) is 0 Å². The monoisotopic (exact) mass is 393 g/mol. The molecule has 0 amide bonds. The molecule has 2 aromatic rings. The second-order valence-electron chi connectivity index (χ2n) is 5.56. The lowest BCUT2D eigenvalue weighted by Crippen LogP contribution is -2.13. The summed E-state index contributed by atoms with van der Waals surface area (Å²) in [6.07, 6.45) is 2.49. The fourth-order valence-corrected chi connectivity index (χ4v) is 3.76. The van der Waals surface area contributed by atoms with E-state index in [9.17, 15) is 0 Å². The van der Waals surface area contributed by atoms with Crippen LogP contribution in [0, 0.1) is 3.57 Å². The molecule has 1 aliphatic carbocycles. The Labute approximate surface area is 137 Å². The van der Waals surface area contributed by atoms with Gasteiger partial charge in [-0.05, 0) is 41.5 Å². The maximum Gasteiger partial charge on any atom is 0.143 e. The summed E-state index contributed by atoms with van der Waals surface area (Å²) in [4.78, 5) is 9.62. The molecule has 0 spiro atoms. The number of fused-ring (bicyclic) bond motifs is 1. The molecular weight excluding hydrogens is 377 g/mol. The zero-order chi connectivity index (χ0) is 14.4. The van der Waals surface area contributed by atoms with E-state index in [-0.39, 0.29) is 5.92 Å². The first-order chi connectivity index (χ1) is 10.3. The Kier molecular flexibility index (Phi) is 3.24. The number of para-hydroxylation sites is 1. The number of nitrogens with zero attached hydrogens (tertiary/aromatic N) is 2. The van der Waals surface area contributed by atoms with Gasteiger partial charge in [-0.1, -0.05) is 18.2 Å². The SMILES string of the molecule is CNc1nc(C2COc3ccccc32)nc(C2CC2)c1I. The second kappa shape index (κ2) is 5.12. The van der Waals surface area contributed by atoms with Gasteiger partial charge < -0.3 is 10.1 Å². The normalized spacial score (nSPS) is 20.0. The van der Waals surface area contributed by atoms with Crippen molar-refractivity contribution in [3.8, 4) is 5.75 Å². The number of nitrogens with one attached hydrogen (secondary N) is 1. The third kappa shape index (κ3) is 2.27. The molecule has 4 rings (SSSR count). The van der Waals surface area contributed by atoms with E-state index < -0.39 is 0 Å². The predicted molar refractivity (Wildman–Crippen MR) is 90.1 cm³/mol. The van der Waals surface area contributed by atoms with Crippen LogP contribution in [0.5, 0.6) is 5.75 Å². The van der Waals surface area contributed by atoms with E-state index in [1.807, 2.05) is 25.2 Å². The van der Waals surface area contributed by atoms with Crippen molar-refractivity contribution < 1.29 is 4.74 Å². The highest BCUT2D eigenvalue weighted by atomic mass is 127. The van der Waals surface area contributed by atoms with Crippen LogP contribution < -0.4 is 10.1 Å². The van der Waals surface area contributed by atoms with Crippen LogP contribution in [0.15, 0.2) is 24.3 Å². The smallest absolute Gasteiger partial charge is 0.143 e. The van der Waals surface area contributed by atoms with Crippen molar-refractivity contribution in [1.29, 1.82) is 0 Å². The predicted octanol–water partition coefficient (Wildman–Crippen LogP) is 3.52.